The van der Waals surface area contributed by atoms with Crippen molar-refractivity contribution in [3.05, 3.63) is 93.8 Å². The second-order valence-electron chi connectivity index (χ2n) is 18.4. The van der Waals surface area contributed by atoms with Crippen molar-refractivity contribution in [2.24, 2.45) is 11.3 Å². The van der Waals surface area contributed by atoms with Crippen molar-refractivity contribution < 1.29 is 37.5 Å². The number of thiazole rings is 1. The van der Waals surface area contributed by atoms with Crippen molar-refractivity contribution in [1.29, 1.82) is 0 Å². The Hall–Kier alpha value is -4.99. The van der Waals surface area contributed by atoms with E-state index in [1.165, 1.54) is 23.8 Å². The number of benzene rings is 2. The highest BCUT2D eigenvalue weighted by Gasteiger charge is 2.53. The van der Waals surface area contributed by atoms with Crippen LogP contribution >= 0.6 is 11.3 Å². The lowest BCUT2D eigenvalue weighted by atomic mass is 9.56. The van der Waals surface area contributed by atoms with E-state index in [-0.39, 0.29) is 17.9 Å². The number of nitrogens with zero attached hydrogens (tertiary/aromatic N) is 4. The van der Waals surface area contributed by atoms with E-state index in [0.29, 0.717) is 76.3 Å². The molecule has 3 amide bonds. The predicted octanol–water partition coefficient (Wildman–Crippen LogP) is 8.70. The highest BCUT2D eigenvalue weighted by atomic mass is 32.1. The number of amides is 3. The zero-order valence-electron chi connectivity index (χ0n) is 34.2. The number of Topliss-reactive ketones (excluding diaryl/α,β-unsaturated/α-hetero) is 1. The van der Waals surface area contributed by atoms with Crippen LogP contribution in [-0.4, -0.2) is 80.1 Å². The molecule has 1 saturated heterocycles. The lowest BCUT2D eigenvalue weighted by molar-refractivity contribution is -0.141. The number of carbonyl (C=O) groups is 4. The van der Waals surface area contributed by atoms with Crippen molar-refractivity contribution >= 4 is 56.4 Å². The molecule has 2 aromatic heterocycles. The largest absolute Gasteiger partial charge is 0.433 e. The maximum Gasteiger partial charge on any atom is 0.433 e. The van der Waals surface area contributed by atoms with Gasteiger partial charge in [-0.05, 0) is 119 Å². The molecule has 9 rings (SSSR count). The van der Waals surface area contributed by atoms with Crippen molar-refractivity contribution in [3.8, 4) is 0 Å². The Bertz CT molecular complexity index is 2450. The molecule has 4 heterocycles. The second-order valence-corrected chi connectivity index (χ2v) is 19.5. The first-order valence-electron chi connectivity index (χ1n) is 21.2. The van der Waals surface area contributed by atoms with E-state index in [2.05, 4.69) is 27.1 Å². The van der Waals surface area contributed by atoms with Gasteiger partial charge in [0.15, 0.2) is 5.78 Å². The molecule has 0 radical (unpaired) electrons. The summed E-state index contributed by atoms with van der Waals surface area (Å²) in [6, 6.07) is 11.8. The zero-order valence-corrected chi connectivity index (χ0v) is 35.1. The van der Waals surface area contributed by atoms with Crippen LogP contribution in [0.3, 0.4) is 0 Å². The van der Waals surface area contributed by atoms with E-state index in [1.54, 1.807) is 49.4 Å². The number of ketones is 1. The topological polar surface area (TPSA) is 145 Å². The lowest BCUT2D eigenvalue weighted by Gasteiger charge is -2.62. The van der Waals surface area contributed by atoms with Gasteiger partial charge in [0, 0.05) is 55.0 Å². The van der Waals surface area contributed by atoms with Crippen molar-refractivity contribution in [2.75, 3.05) is 30.3 Å². The lowest BCUT2D eigenvalue weighted by Crippen LogP contribution is -2.65. The first-order valence-corrected chi connectivity index (χ1v) is 22.0. The number of hydrogen-bond acceptors (Lipinski definition) is 10. The number of fused-ring (bicyclic) bond motifs is 2. The summed E-state index contributed by atoms with van der Waals surface area (Å²) in [5.74, 6) is -0.821. The van der Waals surface area contributed by atoms with Gasteiger partial charge in [-0.1, -0.05) is 24.3 Å². The molecule has 4 fully saturated rings. The van der Waals surface area contributed by atoms with Crippen LogP contribution < -0.4 is 10.6 Å². The number of rotatable bonds is 10. The predicted molar refractivity (Wildman–Crippen MR) is 226 cm³/mol. The Morgan fingerprint density at radius 2 is 1.70 bits per heavy atom. The van der Waals surface area contributed by atoms with Gasteiger partial charge >= 0.3 is 6.18 Å². The monoisotopic (exact) mass is 854 g/mol. The van der Waals surface area contributed by atoms with Crippen LogP contribution in [0.1, 0.15) is 131 Å². The molecular formula is C46H49F3N6O5S. The molecule has 3 aliphatic carbocycles. The average Bonchev–Trinajstić information content (AvgIpc) is 3.71. The fourth-order valence-electron chi connectivity index (χ4n) is 10.4. The standard InChI is InChI=1S/C46H49F3N6O5S/c1-25-10-15-35(36(56)18-25)55-42(58)29-6-4-7-31(39(29)43(55)59)50-17-16-26-21-45(22-26)23-54(24-45)28-13-11-27(12-14-28)41-53-34-19-30(44(2,3)60)33(20-37(34)61-41)52-40(57)32-8-5-9-38(51-32)46(47,48)49/h4-9,19-20,26-28,35,50,60H,1,10-18,21-24H2,2-3H3,(H,52,57). The summed E-state index contributed by atoms with van der Waals surface area (Å²) >= 11 is 1.55. The molecule has 11 nitrogen and oxygen atoms in total. The van der Waals surface area contributed by atoms with Gasteiger partial charge in [-0.2, -0.15) is 13.2 Å². The SMILES string of the molecule is C=C1CCC(N2C(=O)c3cccc(NCCC4CC5(C4)CN(C4CCC(c6nc7cc(C(C)(C)O)c(NC(=O)c8cccc(C(F)(F)F)n8)cc7s6)CC4)C5)c3C2=O)C(=O)C1. The number of aliphatic hydroxyl groups is 1. The Balaban J connectivity index is 0.755. The number of likely N-dealkylation sites (tertiary alicyclic amines) is 1. The number of aromatic nitrogens is 2. The second kappa shape index (κ2) is 15.4. The van der Waals surface area contributed by atoms with Crippen molar-refractivity contribution in [1.82, 2.24) is 19.8 Å². The molecule has 320 valence electrons. The van der Waals surface area contributed by atoms with Crippen LogP contribution in [0.25, 0.3) is 10.2 Å². The fraction of sp³-hybridized carbons (Fsp3) is 0.478. The molecule has 5 aliphatic rings. The Labute approximate surface area is 355 Å². The molecule has 15 heteroatoms. The number of halogens is 3. The maximum atomic E-state index is 13.5. The third kappa shape index (κ3) is 7.89. The molecule has 1 atom stereocenters. The van der Waals surface area contributed by atoms with Gasteiger partial charge < -0.3 is 15.7 Å². The van der Waals surface area contributed by atoms with Gasteiger partial charge in [0.1, 0.15) is 11.4 Å². The van der Waals surface area contributed by atoms with Crippen LogP contribution in [0.15, 0.2) is 60.7 Å². The molecule has 2 aromatic carbocycles. The summed E-state index contributed by atoms with van der Waals surface area (Å²) in [5.41, 5.74) is 1.11. The minimum Gasteiger partial charge on any atom is -0.386 e. The van der Waals surface area contributed by atoms with Gasteiger partial charge in [-0.3, -0.25) is 29.0 Å². The van der Waals surface area contributed by atoms with Crippen LogP contribution in [0.5, 0.6) is 0 Å². The van der Waals surface area contributed by atoms with Crippen LogP contribution in [0.4, 0.5) is 24.5 Å². The summed E-state index contributed by atoms with van der Waals surface area (Å²) in [5, 5.41) is 18.1. The fourth-order valence-corrected chi connectivity index (χ4v) is 11.6. The molecule has 1 unspecified atom stereocenters. The zero-order chi connectivity index (χ0) is 43.0. The highest BCUT2D eigenvalue weighted by molar-refractivity contribution is 7.18. The number of hydrogen-bond donors (Lipinski definition) is 3. The molecule has 2 aliphatic heterocycles. The first kappa shape index (κ1) is 41.4. The number of anilines is 2. The van der Waals surface area contributed by atoms with Crippen molar-refractivity contribution in [3.63, 3.8) is 0 Å². The number of allylic oxidation sites excluding steroid dienone is 1. The third-order valence-corrected chi connectivity index (χ3v) is 14.7. The first-order chi connectivity index (χ1) is 29.0. The summed E-state index contributed by atoms with van der Waals surface area (Å²) < 4.78 is 40.6. The summed E-state index contributed by atoms with van der Waals surface area (Å²) in [7, 11) is 0. The van der Waals surface area contributed by atoms with E-state index in [0.717, 1.165) is 72.6 Å². The van der Waals surface area contributed by atoms with Gasteiger partial charge in [0.2, 0.25) is 0 Å². The van der Waals surface area contributed by atoms with Crippen LogP contribution in [0.2, 0.25) is 0 Å². The Kier molecular flexibility index (Phi) is 10.5. The molecule has 1 spiro atoms. The Morgan fingerprint density at radius 1 is 0.967 bits per heavy atom. The number of carbonyl (C=O) groups excluding carboxylic acids is 4. The van der Waals surface area contributed by atoms with E-state index in [9.17, 15) is 37.5 Å². The smallest absolute Gasteiger partial charge is 0.386 e. The summed E-state index contributed by atoms with van der Waals surface area (Å²) in [4.78, 5) is 64.9. The Morgan fingerprint density at radius 3 is 2.41 bits per heavy atom. The average molecular weight is 855 g/mol. The van der Waals surface area contributed by atoms with E-state index >= 15 is 0 Å². The van der Waals surface area contributed by atoms with E-state index in [4.69, 9.17) is 4.98 Å². The van der Waals surface area contributed by atoms with Crippen molar-refractivity contribution in [2.45, 2.75) is 108 Å². The minimum absolute atomic E-state index is 0.126. The summed E-state index contributed by atoms with van der Waals surface area (Å²) in [6.45, 7) is 10.0. The number of nitrogens with one attached hydrogen (secondary N) is 2. The molecular weight excluding hydrogens is 806 g/mol. The number of imide groups is 1. The molecule has 4 aromatic rings. The number of alkyl halides is 3. The van der Waals surface area contributed by atoms with Crippen LogP contribution in [0, 0.1) is 11.3 Å². The molecule has 0 bridgehead atoms. The van der Waals surface area contributed by atoms with E-state index < -0.39 is 41.2 Å². The molecule has 3 saturated carbocycles. The van der Waals surface area contributed by atoms with Crippen LogP contribution in [-0.2, 0) is 16.6 Å². The summed E-state index contributed by atoms with van der Waals surface area (Å²) in [6.07, 6.45) is 4.09. The minimum atomic E-state index is -4.69. The maximum absolute atomic E-state index is 13.5. The highest BCUT2D eigenvalue weighted by Crippen LogP contribution is 2.55. The van der Waals surface area contributed by atoms with Gasteiger partial charge in [0.25, 0.3) is 17.7 Å². The van der Waals surface area contributed by atoms with Gasteiger partial charge in [-0.25, -0.2) is 9.97 Å². The van der Waals surface area contributed by atoms with Gasteiger partial charge in [0.05, 0.1) is 38.0 Å². The third-order valence-electron chi connectivity index (χ3n) is 13.5. The van der Waals surface area contributed by atoms with E-state index in [1.807, 2.05) is 6.07 Å². The van der Waals surface area contributed by atoms with Gasteiger partial charge in [-0.15, -0.1) is 11.3 Å². The molecule has 61 heavy (non-hydrogen) atoms. The quantitative estimate of drug-likeness (QED) is 0.105. The number of pyridine rings is 1. The normalized spacial score (nSPS) is 23.3. The molecule has 3 N–H and O–H groups in total.